The van der Waals surface area contributed by atoms with Crippen LogP contribution in [0.25, 0.3) is 0 Å². The number of hydrogen-bond acceptors (Lipinski definition) is 4. The number of rotatable bonds is 1. The molecule has 0 aromatic rings. The van der Waals surface area contributed by atoms with Crippen molar-refractivity contribution in [2.45, 2.75) is 71.8 Å². The smallest absolute Gasteiger partial charge is 0.302 e. The van der Waals surface area contributed by atoms with E-state index in [-0.39, 0.29) is 29.1 Å². The summed E-state index contributed by atoms with van der Waals surface area (Å²) in [5, 5.41) is 0. The van der Waals surface area contributed by atoms with Gasteiger partial charge in [0.2, 0.25) is 11.6 Å². The van der Waals surface area contributed by atoms with E-state index >= 15 is 0 Å². The minimum Gasteiger partial charge on any atom is -0.462 e. The molecule has 4 aliphatic rings. The Morgan fingerprint density at radius 3 is 2.56 bits per heavy atom. The van der Waals surface area contributed by atoms with Gasteiger partial charge in [0.15, 0.2) is 0 Å². The normalized spacial score (nSPS) is 46.0. The topological polar surface area (TPSA) is 60.4 Å². The van der Waals surface area contributed by atoms with Crippen LogP contribution in [-0.4, -0.2) is 23.6 Å². The summed E-state index contributed by atoms with van der Waals surface area (Å²) in [6.07, 6.45) is 8.71. The zero-order valence-corrected chi connectivity index (χ0v) is 15.5. The molecule has 0 amide bonds. The summed E-state index contributed by atoms with van der Waals surface area (Å²) in [5.41, 5.74) is 0.692. The number of carbonyl (C=O) groups excluding carboxylic acids is 3. The van der Waals surface area contributed by atoms with Gasteiger partial charge in [-0.15, -0.1) is 0 Å². The summed E-state index contributed by atoms with van der Waals surface area (Å²) in [4.78, 5) is 36.0. The van der Waals surface area contributed by atoms with E-state index in [9.17, 15) is 14.4 Å². The quantitative estimate of drug-likeness (QED) is 0.538. The molecule has 2 unspecified atom stereocenters. The first-order valence-electron chi connectivity index (χ1n) is 9.75. The van der Waals surface area contributed by atoms with Crippen LogP contribution >= 0.6 is 0 Å². The fraction of sp³-hybridized carbons (Fsp3) is 0.762. The Morgan fingerprint density at radius 2 is 1.84 bits per heavy atom. The maximum Gasteiger partial charge on any atom is 0.302 e. The summed E-state index contributed by atoms with van der Waals surface area (Å²) in [5.74, 6) is 0.557. The maximum atomic E-state index is 12.4. The van der Waals surface area contributed by atoms with Gasteiger partial charge in [-0.3, -0.25) is 14.4 Å². The van der Waals surface area contributed by atoms with Gasteiger partial charge in [-0.1, -0.05) is 6.92 Å². The van der Waals surface area contributed by atoms with Crippen molar-refractivity contribution in [2.75, 3.05) is 0 Å². The number of ketones is 2. The monoisotopic (exact) mass is 344 g/mol. The molecule has 0 spiro atoms. The number of carbonyl (C=O) groups is 3. The minimum absolute atomic E-state index is 0.0336. The van der Waals surface area contributed by atoms with E-state index in [1.807, 2.05) is 6.92 Å². The Labute approximate surface area is 149 Å². The highest BCUT2D eigenvalue weighted by Gasteiger charge is 2.60. The second kappa shape index (κ2) is 5.52. The number of fused-ring (bicyclic) bond motifs is 5. The molecule has 4 aliphatic carbocycles. The van der Waals surface area contributed by atoms with Gasteiger partial charge in [0.1, 0.15) is 6.10 Å². The maximum absolute atomic E-state index is 12.4. The van der Waals surface area contributed by atoms with Crippen LogP contribution in [0.2, 0.25) is 0 Å². The predicted molar refractivity (Wildman–Crippen MR) is 92.7 cm³/mol. The molecule has 0 aliphatic heterocycles. The molecule has 4 heteroatoms. The van der Waals surface area contributed by atoms with Crippen LogP contribution in [-0.2, 0) is 19.1 Å². The van der Waals surface area contributed by atoms with Crippen molar-refractivity contribution >= 4 is 17.5 Å². The summed E-state index contributed by atoms with van der Waals surface area (Å²) >= 11 is 0. The highest BCUT2D eigenvalue weighted by atomic mass is 16.5. The highest BCUT2D eigenvalue weighted by Crippen LogP contribution is 2.64. The van der Waals surface area contributed by atoms with E-state index in [4.69, 9.17) is 4.74 Å². The lowest BCUT2D eigenvalue weighted by Gasteiger charge is -2.59. The molecular weight excluding hydrogens is 316 g/mol. The van der Waals surface area contributed by atoms with E-state index in [1.54, 1.807) is 6.08 Å². The minimum atomic E-state index is -0.550. The second-order valence-corrected chi connectivity index (χ2v) is 9.11. The summed E-state index contributed by atoms with van der Waals surface area (Å²) < 4.78 is 5.68. The molecule has 25 heavy (non-hydrogen) atoms. The first-order chi connectivity index (χ1) is 11.8. The number of Topliss-reactive ketones (excluding diaryl/α,β-unsaturated/α-hetero) is 1. The lowest BCUT2D eigenvalue weighted by atomic mass is 9.46. The lowest BCUT2D eigenvalue weighted by Crippen LogP contribution is -2.54. The van der Waals surface area contributed by atoms with E-state index in [0.717, 1.165) is 50.5 Å². The molecule has 6 atom stereocenters. The second-order valence-electron chi connectivity index (χ2n) is 9.11. The number of hydrogen-bond donors (Lipinski definition) is 0. The number of ether oxygens (including phenoxy) is 1. The molecule has 4 rings (SSSR count). The van der Waals surface area contributed by atoms with Gasteiger partial charge in [0.05, 0.1) is 5.41 Å². The molecule has 0 aromatic carbocycles. The van der Waals surface area contributed by atoms with E-state index in [1.165, 1.54) is 6.92 Å². The third-order valence-electron chi connectivity index (χ3n) is 7.94. The van der Waals surface area contributed by atoms with Gasteiger partial charge < -0.3 is 4.74 Å². The Morgan fingerprint density at radius 1 is 1.08 bits per heavy atom. The third kappa shape index (κ3) is 2.29. The van der Waals surface area contributed by atoms with Crippen molar-refractivity contribution in [3.8, 4) is 0 Å². The van der Waals surface area contributed by atoms with Crippen molar-refractivity contribution in [3.63, 3.8) is 0 Å². The molecule has 0 N–H and O–H groups in total. The van der Waals surface area contributed by atoms with Crippen LogP contribution in [0.5, 0.6) is 0 Å². The molecule has 0 bridgehead atoms. The lowest BCUT2D eigenvalue weighted by molar-refractivity contribution is -0.165. The molecule has 3 saturated carbocycles. The predicted octanol–water partition coefficient (Wildman–Crippen LogP) is 3.63. The fourth-order valence-corrected chi connectivity index (χ4v) is 6.74. The largest absolute Gasteiger partial charge is 0.462 e. The summed E-state index contributed by atoms with van der Waals surface area (Å²) in [6, 6.07) is 0. The molecule has 136 valence electrons. The zero-order valence-electron chi connectivity index (χ0n) is 15.5. The average Bonchev–Trinajstić information content (AvgIpc) is 2.78. The van der Waals surface area contributed by atoms with Gasteiger partial charge in [0, 0.05) is 12.8 Å². The Bertz CT molecular complexity index is 677. The molecular formula is C21H28O4. The van der Waals surface area contributed by atoms with Crippen LogP contribution in [0.1, 0.15) is 65.7 Å². The van der Waals surface area contributed by atoms with Crippen molar-refractivity contribution < 1.29 is 19.1 Å². The molecule has 0 heterocycles. The van der Waals surface area contributed by atoms with Gasteiger partial charge in [-0.25, -0.2) is 0 Å². The fourth-order valence-electron chi connectivity index (χ4n) is 6.74. The van der Waals surface area contributed by atoms with Crippen LogP contribution < -0.4 is 0 Å². The first kappa shape index (κ1) is 17.0. The van der Waals surface area contributed by atoms with E-state index < -0.39 is 5.41 Å². The van der Waals surface area contributed by atoms with Gasteiger partial charge in [-0.05, 0) is 80.8 Å². The standard InChI is InChI=1S/C21H28O4/c1-12(22)25-18-5-4-9-20(2)14-8-10-21(3)16(11-17(23)19(21)24)13(14)6-7-15(18)20/h11,13-15,18H,4-10H2,1-3H3/t13-,14+,15?,18?,20-,21+/m1/s1. The van der Waals surface area contributed by atoms with Crippen molar-refractivity contribution in [3.05, 3.63) is 11.6 Å². The van der Waals surface area contributed by atoms with Crippen LogP contribution in [0.15, 0.2) is 11.6 Å². The van der Waals surface area contributed by atoms with E-state index in [0.29, 0.717) is 17.8 Å². The SMILES string of the molecule is CC(=O)OC1CCC[C@@]2(C)C1CC[C@H]1C3=CC(=O)C(=O)[C@@]3(C)CC[C@@H]12. The van der Waals surface area contributed by atoms with E-state index in [2.05, 4.69) is 6.92 Å². The number of esters is 1. The first-order valence-corrected chi connectivity index (χ1v) is 9.75. The molecule has 0 radical (unpaired) electrons. The average molecular weight is 344 g/mol. The van der Waals surface area contributed by atoms with Gasteiger partial charge >= 0.3 is 5.97 Å². The number of allylic oxidation sites excluding steroid dienone is 2. The molecule has 0 saturated heterocycles. The van der Waals surface area contributed by atoms with Crippen molar-refractivity contribution in [1.29, 1.82) is 0 Å². The summed E-state index contributed by atoms with van der Waals surface area (Å²) in [6.45, 7) is 5.84. The van der Waals surface area contributed by atoms with Crippen LogP contribution in [0, 0.1) is 28.6 Å². The van der Waals surface area contributed by atoms with Crippen molar-refractivity contribution in [2.24, 2.45) is 28.6 Å². The van der Waals surface area contributed by atoms with Crippen LogP contribution in [0.4, 0.5) is 0 Å². The van der Waals surface area contributed by atoms with Gasteiger partial charge in [0.25, 0.3) is 0 Å². The van der Waals surface area contributed by atoms with Crippen LogP contribution in [0.3, 0.4) is 0 Å². The molecule has 3 fully saturated rings. The third-order valence-corrected chi connectivity index (χ3v) is 7.94. The Balaban J connectivity index is 1.66. The zero-order chi connectivity index (χ0) is 18.0. The molecule has 0 aromatic heterocycles. The Hall–Kier alpha value is -1.45. The van der Waals surface area contributed by atoms with Crippen molar-refractivity contribution in [1.82, 2.24) is 0 Å². The van der Waals surface area contributed by atoms with Gasteiger partial charge in [-0.2, -0.15) is 0 Å². The highest BCUT2D eigenvalue weighted by molar-refractivity contribution is 6.46. The molecule has 4 nitrogen and oxygen atoms in total. The summed E-state index contributed by atoms with van der Waals surface area (Å²) in [7, 11) is 0. The Kier molecular flexibility index (Phi) is 3.75.